The fourth-order valence-electron chi connectivity index (χ4n) is 1.57. The van der Waals surface area contributed by atoms with E-state index in [-0.39, 0.29) is 0 Å². The zero-order chi connectivity index (χ0) is 11.4. The van der Waals surface area contributed by atoms with E-state index in [9.17, 15) is 0 Å². The Morgan fingerprint density at radius 1 is 1.13 bits per heavy atom. The third-order valence-corrected chi connectivity index (χ3v) is 2.77. The van der Waals surface area contributed by atoms with Crippen molar-refractivity contribution in [2.24, 2.45) is 0 Å². The molecule has 0 atom stereocenters. The lowest BCUT2D eigenvalue weighted by Gasteiger charge is -2.18. The van der Waals surface area contributed by atoms with E-state index in [2.05, 4.69) is 13.8 Å². The van der Waals surface area contributed by atoms with Crippen LogP contribution in [0.25, 0.3) is 0 Å². The van der Waals surface area contributed by atoms with Gasteiger partial charge in [0.2, 0.25) is 0 Å². The zero-order valence-electron chi connectivity index (χ0n) is 10.1. The van der Waals surface area contributed by atoms with Gasteiger partial charge >= 0.3 is 0 Å². The Kier molecular flexibility index (Phi) is 4.01. The van der Waals surface area contributed by atoms with E-state index in [0.29, 0.717) is 6.10 Å². The van der Waals surface area contributed by atoms with Crippen LogP contribution in [0.4, 0.5) is 5.69 Å². The highest BCUT2D eigenvalue weighted by molar-refractivity contribution is 5.53. The van der Waals surface area contributed by atoms with Gasteiger partial charge in [-0.3, -0.25) is 0 Å². The molecule has 0 radical (unpaired) electrons. The number of hydrogen-bond acceptors (Lipinski definition) is 2. The number of ether oxygens (including phenoxy) is 1. The van der Waals surface area contributed by atoms with Crippen LogP contribution >= 0.6 is 0 Å². The van der Waals surface area contributed by atoms with Gasteiger partial charge in [-0.25, -0.2) is 0 Å². The van der Waals surface area contributed by atoms with Crippen molar-refractivity contribution < 1.29 is 4.74 Å². The van der Waals surface area contributed by atoms with Crippen molar-refractivity contribution in [2.45, 2.75) is 46.6 Å². The van der Waals surface area contributed by atoms with E-state index in [0.717, 1.165) is 35.4 Å². The first-order valence-corrected chi connectivity index (χ1v) is 5.61. The zero-order valence-corrected chi connectivity index (χ0v) is 10.1. The minimum atomic E-state index is 0.312. The minimum Gasteiger partial charge on any atom is -0.490 e. The Balaban J connectivity index is 2.89. The van der Waals surface area contributed by atoms with Crippen molar-refractivity contribution in [3.63, 3.8) is 0 Å². The van der Waals surface area contributed by atoms with E-state index in [4.69, 9.17) is 10.5 Å². The molecule has 2 heteroatoms. The number of nitrogens with two attached hydrogens (primary N) is 1. The Morgan fingerprint density at radius 2 is 1.73 bits per heavy atom. The normalized spacial score (nSPS) is 10.7. The molecule has 0 aliphatic rings. The molecule has 0 fully saturated rings. The van der Waals surface area contributed by atoms with Gasteiger partial charge in [-0.05, 0) is 49.9 Å². The summed E-state index contributed by atoms with van der Waals surface area (Å²) >= 11 is 0. The summed E-state index contributed by atoms with van der Waals surface area (Å²) in [6, 6.07) is 4.01. The predicted molar refractivity (Wildman–Crippen MR) is 65.3 cm³/mol. The third-order valence-electron chi connectivity index (χ3n) is 2.77. The lowest BCUT2D eigenvalue weighted by atomic mass is 10.1. The van der Waals surface area contributed by atoms with E-state index in [1.807, 2.05) is 26.0 Å². The molecular formula is C13H21NO. The number of anilines is 1. The fourth-order valence-corrected chi connectivity index (χ4v) is 1.57. The maximum Gasteiger partial charge on any atom is 0.123 e. The summed E-state index contributed by atoms with van der Waals surface area (Å²) < 4.78 is 5.92. The van der Waals surface area contributed by atoms with Crippen molar-refractivity contribution in [2.75, 3.05) is 5.73 Å². The van der Waals surface area contributed by atoms with E-state index >= 15 is 0 Å². The topological polar surface area (TPSA) is 35.2 Å². The highest BCUT2D eigenvalue weighted by atomic mass is 16.5. The van der Waals surface area contributed by atoms with Gasteiger partial charge in [0.1, 0.15) is 5.75 Å². The third kappa shape index (κ3) is 2.88. The molecule has 0 unspecified atom stereocenters. The standard InChI is InChI=1S/C13H21NO/c1-5-11(6-2)15-13-8-9(3)12(14)7-10(13)4/h7-8,11H,5-6,14H2,1-4H3. The summed E-state index contributed by atoms with van der Waals surface area (Å²) in [6.45, 7) is 8.34. The van der Waals surface area contributed by atoms with Gasteiger partial charge in [0.25, 0.3) is 0 Å². The molecule has 2 N–H and O–H groups in total. The van der Waals surface area contributed by atoms with Gasteiger partial charge in [-0.2, -0.15) is 0 Å². The van der Waals surface area contributed by atoms with Crippen LogP contribution < -0.4 is 10.5 Å². The highest BCUT2D eigenvalue weighted by Gasteiger charge is 2.08. The van der Waals surface area contributed by atoms with Crippen molar-refractivity contribution in [3.8, 4) is 5.75 Å². The second-order valence-corrected chi connectivity index (χ2v) is 4.03. The van der Waals surface area contributed by atoms with Crippen LogP contribution in [0.3, 0.4) is 0 Å². The molecule has 0 aromatic heterocycles. The molecule has 1 rings (SSSR count). The van der Waals surface area contributed by atoms with Crippen molar-refractivity contribution in [1.82, 2.24) is 0 Å². The highest BCUT2D eigenvalue weighted by Crippen LogP contribution is 2.26. The summed E-state index contributed by atoms with van der Waals surface area (Å²) in [5.41, 5.74) is 8.87. The lowest BCUT2D eigenvalue weighted by Crippen LogP contribution is -2.14. The quantitative estimate of drug-likeness (QED) is 0.767. The van der Waals surface area contributed by atoms with Crippen LogP contribution in [-0.2, 0) is 0 Å². The van der Waals surface area contributed by atoms with Crippen LogP contribution in [0.1, 0.15) is 37.8 Å². The summed E-state index contributed by atoms with van der Waals surface area (Å²) in [5, 5.41) is 0. The molecule has 0 bridgehead atoms. The summed E-state index contributed by atoms with van der Waals surface area (Å²) in [7, 11) is 0. The van der Waals surface area contributed by atoms with Gasteiger partial charge in [0.05, 0.1) is 6.10 Å². The van der Waals surface area contributed by atoms with Crippen molar-refractivity contribution in [3.05, 3.63) is 23.3 Å². The maximum atomic E-state index is 5.92. The van der Waals surface area contributed by atoms with Gasteiger partial charge in [-0.1, -0.05) is 13.8 Å². The molecule has 0 amide bonds. The first kappa shape index (κ1) is 11.9. The smallest absolute Gasteiger partial charge is 0.123 e. The van der Waals surface area contributed by atoms with Gasteiger partial charge in [0.15, 0.2) is 0 Å². The molecule has 84 valence electrons. The van der Waals surface area contributed by atoms with Crippen LogP contribution in [0.5, 0.6) is 5.75 Å². The molecular weight excluding hydrogens is 186 g/mol. The Morgan fingerprint density at radius 3 is 2.27 bits per heavy atom. The molecule has 0 spiro atoms. The number of rotatable bonds is 4. The van der Waals surface area contributed by atoms with Gasteiger partial charge in [-0.15, -0.1) is 0 Å². The van der Waals surface area contributed by atoms with Crippen LogP contribution in [0.15, 0.2) is 12.1 Å². The molecule has 0 aliphatic heterocycles. The molecule has 2 nitrogen and oxygen atoms in total. The number of benzene rings is 1. The van der Waals surface area contributed by atoms with Gasteiger partial charge < -0.3 is 10.5 Å². The predicted octanol–water partition coefficient (Wildman–Crippen LogP) is 3.45. The SMILES string of the molecule is CCC(CC)Oc1cc(C)c(N)cc1C. The van der Waals surface area contributed by atoms with Crippen molar-refractivity contribution >= 4 is 5.69 Å². The lowest BCUT2D eigenvalue weighted by molar-refractivity contribution is 0.191. The summed E-state index contributed by atoms with van der Waals surface area (Å²) in [5.74, 6) is 0.968. The first-order chi connectivity index (χ1) is 7.08. The van der Waals surface area contributed by atoms with E-state index in [1.54, 1.807) is 0 Å². The van der Waals surface area contributed by atoms with Crippen LogP contribution in [0, 0.1) is 13.8 Å². The molecule has 1 aromatic rings. The Bertz CT molecular complexity index is 330. The number of hydrogen-bond donors (Lipinski definition) is 1. The molecule has 0 heterocycles. The van der Waals surface area contributed by atoms with Crippen LogP contribution in [0.2, 0.25) is 0 Å². The first-order valence-electron chi connectivity index (χ1n) is 5.61. The molecule has 0 aliphatic carbocycles. The van der Waals surface area contributed by atoms with E-state index < -0.39 is 0 Å². The Hall–Kier alpha value is -1.18. The maximum absolute atomic E-state index is 5.92. The van der Waals surface area contributed by atoms with E-state index in [1.165, 1.54) is 0 Å². The monoisotopic (exact) mass is 207 g/mol. The van der Waals surface area contributed by atoms with Crippen LogP contribution in [-0.4, -0.2) is 6.10 Å². The number of aryl methyl sites for hydroxylation is 2. The minimum absolute atomic E-state index is 0.312. The fraction of sp³-hybridized carbons (Fsp3) is 0.538. The molecule has 15 heavy (non-hydrogen) atoms. The number of nitrogen functional groups attached to an aromatic ring is 1. The second kappa shape index (κ2) is 5.06. The van der Waals surface area contributed by atoms with Gasteiger partial charge in [0, 0.05) is 5.69 Å². The average Bonchev–Trinajstić information content (AvgIpc) is 2.21. The van der Waals surface area contributed by atoms with Crippen molar-refractivity contribution in [1.29, 1.82) is 0 Å². The molecule has 0 saturated heterocycles. The molecule has 0 saturated carbocycles. The Labute approximate surface area is 92.4 Å². The summed E-state index contributed by atoms with van der Waals surface area (Å²) in [4.78, 5) is 0. The summed E-state index contributed by atoms with van der Waals surface area (Å²) in [6.07, 6.45) is 2.39. The second-order valence-electron chi connectivity index (χ2n) is 4.03. The molecule has 1 aromatic carbocycles. The largest absolute Gasteiger partial charge is 0.490 e. The average molecular weight is 207 g/mol.